The summed E-state index contributed by atoms with van der Waals surface area (Å²) < 4.78 is 12.7. The van der Waals surface area contributed by atoms with Gasteiger partial charge in [-0.2, -0.15) is 0 Å². The quantitative estimate of drug-likeness (QED) is 0.827. The van der Waals surface area contributed by atoms with Crippen molar-refractivity contribution in [2.75, 3.05) is 25.0 Å². The number of nitrogens with zero attached hydrogens (tertiary/aromatic N) is 1. The molecule has 0 aliphatic heterocycles. The SMILES string of the molecule is CCN(C(=O)CCNC)c1ccc(F)cc1. The van der Waals surface area contributed by atoms with Gasteiger partial charge in [-0.15, -0.1) is 0 Å². The van der Waals surface area contributed by atoms with Crippen molar-refractivity contribution in [1.82, 2.24) is 5.32 Å². The van der Waals surface area contributed by atoms with E-state index >= 15 is 0 Å². The van der Waals surface area contributed by atoms with Gasteiger partial charge in [0.1, 0.15) is 5.82 Å². The van der Waals surface area contributed by atoms with Crippen LogP contribution >= 0.6 is 0 Å². The number of rotatable bonds is 5. The molecule has 0 saturated carbocycles. The van der Waals surface area contributed by atoms with Crippen LogP contribution in [0.2, 0.25) is 0 Å². The number of anilines is 1. The van der Waals surface area contributed by atoms with Gasteiger partial charge in [-0.25, -0.2) is 4.39 Å². The molecule has 1 N–H and O–H groups in total. The van der Waals surface area contributed by atoms with E-state index in [1.807, 2.05) is 14.0 Å². The summed E-state index contributed by atoms with van der Waals surface area (Å²) in [4.78, 5) is 13.5. The number of carbonyl (C=O) groups excluding carboxylic acids is 1. The van der Waals surface area contributed by atoms with Crippen LogP contribution in [0, 0.1) is 5.82 Å². The molecule has 0 aliphatic rings. The van der Waals surface area contributed by atoms with Crippen LogP contribution < -0.4 is 10.2 Å². The largest absolute Gasteiger partial charge is 0.319 e. The molecular formula is C12H17FN2O. The van der Waals surface area contributed by atoms with Crippen LogP contribution in [-0.2, 0) is 4.79 Å². The molecule has 0 heterocycles. The Balaban J connectivity index is 2.73. The highest BCUT2D eigenvalue weighted by molar-refractivity contribution is 5.93. The summed E-state index contributed by atoms with van der Waals surface area (Å²) in [5.74, 6) is -0.245. The third-order valence-electron chi connectivity index (χ3n) is 2.34. The van der Waals surface area contributed by atoms with Gasteiger partial charge in [0, 0.05) is 25.2 Å². The summed E-state index contributed by atoms with van der Waals surface area (Å²) in [5.41, 5.74) is 0.741. The van der Waals surface area contributed by atoms with Crippen LogP contribution in [0.25, 0.3) is 0 Å². The number of amides is 1. The van der Waals surface area contributed by atoms with Crippen molar-refractivity contribution in [2.24, 2.45) is 0 Å². The van der Waals surface area contributed by atoms with Crippen LogP contribution in [-0.4, -0.2) is 26.0 Å². The van der Waals surface area contributed by atoms with Crippen molar-refractivity contribution < 1.29 is 9.18 Å². The molecule has 16 heavy (non-hydrogen) atoms. The molecular weight excluding hydrogens is 207 g/mol. The lowest BCUT2D eigenvalue weighted by molar-refractivity contribution is -0.118. The topological polar surface area (TPSA) is 32.3 Å². The highest BCUT2D eigenvalue weighted by Gasteiger charge is 2.12. The molecule has 0 radical (unpaired) electrons. The van der Waals surface area contributed by atoms with Gasteiger partial charge in [0.15, 0.2) is 0 Å². The Morgan fingerprint density at radius 2 is 2.00 bits per heavy atom. The maximum absolute atomic E-state index is 12.7. The second kappa shape index (κ2) is 6.23. The zero-order chi connectivity index (χ0) is 12.0. The second-order valence-electron chi connectivity index (χ2n) is 3.47. The standard InChI is InChI=1S/C12H17FN2O/c1-3-15(12(16)8-9-14-2)11-6-4-10(13)5-7-11/h4-7,14H,3,8-9H2,1-2H3. The van der Waals surface area contributed by atoms with Gasteiger partial charge in [-0.05, 0) is 38.2 Å². The van der Waals surface area contributed by atoms with E-state index in [2.05, 4.69) is 5.32 Å². The fraction of sp³-hybridized carbons (Fsp3) is 0.417. The molecule has 0 atom stereocenters. The predicted molar refractivity (Wildman–Crippen MR) is 63.0 cm³/mol. The van der Waals surface area contributed by atoms with E-state index in [1.165, 1.54) is 12.1 Å². The van der Waals surface area contributed by atoms with Gasteiger partial charge in [0.25, 0.3) is 0 Å². The molecule has 0 aliphatic carbocycles. The molecule has 88 valence electrons. The number of nitrogens with one attached hydrogen (secondary N) is 1. The molecule has 0 bridgehead atoms. The average Bonchev–Trinajstić information content (AvgIpc) is 2.30. The fourth-order valence-corrected chi connectivity index (χ4v) is 1.49. The summed E-state index contributed by atoms with van der Waals surface area (Å²) in [7, 11) is 1.81. The number of carbonyl (C=O) groups is 1. The average molecular weight is 224 g/mol. The first-order chi connectivity index (χ1) is 7.69. The van der Waals surface area contributed by atoms with E-state index in [0.717, 1.165) is 5.69 Å². The molecule has 0 aromatic heterocycles. The summed E-state index contributed by atoms with van der Waals surface area (Å²) >= 11 is 0. The molecule has 0 fully saturated rings. The molecule has 1 aromatic carbocycles. The highest BCUT2D eigenvalue weighted by Crippen LogP contribution is 2.15. The smallest absolute Gasteiger partial charge is 0.228 e. The molecule has 0 spiro atoms. The van der Waals surface area contributed by atoms with Crippen LogP contribution in [0.3, 0.4) is 0 Å². The summed E-state index contributed by atoms with van der Waals surface area (Å²) in [6.07, 6.45) is 0.446. The Morgan fingerprint density at radius 1 is 1.38 bits per heavy atom. The van der Waals surface area contributed by atoms with E-state index in [-0.39, 0.29) is 11.7 Å². The van der Waals surface area contributed by atoms with Crippen molar-refractivity contribution >= 4 is 11.6 Å². The first kappa shape index (κ1) is 12.6. The van der Waals surface area contributed by atoms with Gasteiger partial charge in [0.05, 0.1) is 0 Å². The summed E-state index contributed by atoms with van der Waals surface area (Å²) in [6, 6.07) is 5.97. The van der Waals surface area contributed by atoms with Gasteiger partial charge in [-0.3, -0.25) is 4.79 Å². The van der Waals surface area contributed by atoms with E-state index in [4.69, 9.17) is 0 Å². The fourth-order valence-electron chi connectivity index (χ4n) is 1.49. The number of hydrogen-bond acceptors (Lipinski definition) is 2. The molecule has 1 aromatic rings. The Kier molecular flexibility index (Phi) is 4.92. The highest BCUT2D eigenvalue weighted by atomic mass is 19.1. The van der Waals surface area contributed by atoms with Gasteiger partial charge < -0.3 is 10.2 Å². The monoisotopic (exact) mass is 224 g/mol. The van der Waals surface area contributed by atoms with Gasteiger partial charge in [-0.1, -0.05) is 0 Å². The zero-order valence-electron chi connectivity index (χ0n) is 9.66. The maximum Gasteiger partial charge on any atom is 0.228 e. The third kappa shape index (κ3) is 3.31. The lowest BCUT2D eigenvalue weighted by Crippen LogP contribution is -2.32. The van der Waals surface area contributed by atoms with Crippen molar-refractivity contribution in [3.8, 4) is 0 Å². The van der Waals surface area contributed by atoms with Crippen molar-refractivity contribution in [2.45, 2.75) is 13.3 Å². The van der Waals surface area contributed by atoms with Gasteiger partial charge >= 0.3 is 0 Å². The van der Waals surface area contributed by atoms with E-state index in [1.54, 1.807) is 17.0 Å². The van der Waals surface area contributed by atoms with Crippen LogP contribution in [0.5, 0.6) is 0 Å². The van der Waals surface area contributed by atoms with Crippen molar-refractivity contribution in [1.29, 1.82) is 0 Å². The first-order valence-corrected chi connectivity index (χ1v) is 5.39. The van der Waals surface area contributed by atoms with Crippen LogP contribution in [0.1, 0.15) is 13.3 Å². The van der Waals surface area contributed by atoms with Gasteiger partial charge in [0.2, 0.25) is 5.91 Å². The number of hydrogen-bond donors (Lipinski definition) is 1. The minimum atomic E-state index is -0.289. The third-order valence-corrected chi connectivity index (χ3v) is 2.34. The number of halogens is 1. The van der Waals surface area contributed by atoms with Crippen LogP contribution in [0.4, 0.5) is 10.1 Å². The lowest BCUT2D eigenvalue weighted by atomic mass is 10.2. The minimum Gasteiger partial charge on any atom is -0.319 e. The van der Waals surface area contributed by atoms with E-state index < -0.39 is 0 Å². The Morgan fingerprint density at radius 3 is 2.50 bits per heavy atom. The summed E-state index contributed by atoms with van der Waals surface area (Å²) in [6.45, 7) is 3.14. The molecule has 4 heteroatoms. The predicted octanol–water partition coefficient (Wildman–Crippen LogP) is 1.79. The van der Waals surface area contributed by atoms with Crippen LogP contribution in [0.15, 0.2) is 24.3 Å². The maximum atomic E-state index is 12.7. The molecule has 0 unspecified atom stereocenters. The van der Waals surface area contributed by atoms with Crippen molar-refractivity contribution in [3.63, 3.8) is 0 Å². The molecule has 1 rings (SSSR count). The summed E-state index contributed by atoms with van der Waals surface area (Å²) in [5, 5.41) is 2.93. The first-order valence-electron chi connectivity index (χ1n) is 5.39. The van der Waals surface area contributed by atoms with E-state index in [9.17, 15) is 9.18 Å². The van der Waals surface area contributed by atoms with Crippen molar-refractivity contribution in [3.05, 3.63) is 30.1 Å². The Bertz CT molecular complexity index is 337. The van der Waals surface area contributed by atoms with E-state index in [0.29, 0.717) is 19.5 Å². The normalized spacial score (nSPS) is 10.2. The zero-order valence-corrected chi connectivity index (χ0v) is 9.66. The molecule has 3 nitrogen and oxygen atoms in total. The number of benzene rings is 1. The lowest BCUT2D eigenvalue weighted by Gasteiger charge is -2.21. The minimum absolute atomic E-state index is 0.0449. The Labute approximate surface area is 95.3 Å². The Hall–Kier alpha value is -1.42. The second-order valence-corrected chi connectivity index (χ2v) is 3.47. The molecule has 0 saturated heterocycles. The molecule has 1 amide bonds.